The fourth-order valence-corrected chi connectivity index (χ4v) is 2.66. The summed E-state index contributed by atoms with van der Waals surface area (Å²) in [6, 6.07) is 8.11. The topological polar surface area (TPSA) is 0 Å². The average molecular weight is 268 g/mol. The van der Waals surface area contributed by atoms with Crippen molar-refractivity contribution in [1.82, 2.24) is 0 Å². The molecular formula is C16H19F3. The van der Waals surface area contributed by atoms with Gasteiger partial charge in [-0.1, -0.05) is 49.8 Å². The van der Waals surface area contributed by atoms with Gasteiger partial charge < -0.3 is 0 Å². The Morgan fingerprint density at radius 1 is 1.11 bits per heavy atom. The zero-order valence-electron chi connectivity index (χ0n) is 11.3. The molecule has 0 aromatic heterocycles. The number of allylic oxidation sites excluding steroid dienone is 1. The van der Waals surface area contributed by atoms with E-state index in [1.807, 2.05) is 25.1 Å². The molecule has 0 saturated carbocycles. The van der Waals surface area contributed by atoms with Crippen LogP contribution < -0.4 is 0 Å². The highest BCUT2D eigenvalue weighted by Gasteiger charge is 2.37. The minimum atomic E-state index is -4.08. The van der Waals surface area contributed by atoms with Crippen molar-refractivity contribution in [2.45, 2.75) is 39.3 Å². The Bertz CT molecular complexity index is 471. The van der Waals surface area contributed by atoms with Crippen LogP contribution in [-0.2, 0) is 6.42 Å². The Morgan fingerprint density at radius 3 is 2.47 bits per heavy atom. The van der Waals surface area contributed by atoms with Gasteiger partial charge in [-0.05, 0) is 36.3 Å². The number of benzene rings is 1. The first kappa shape index (κ1) is 14.2. The fourth-order valence-electron chi connectivity index (χ4n) is 2.66. The normalized spacial score (nSPS) is 18.5. The molecule has 0 N–H and O–H groups in total. The highest BCUT2D eigenvalue weighted by Crippen LogP contribution is 2.36. The summed E-state index contributed by atoms with van der Waals surface area (Å²) in [4.78, 5) is 0. The van der Waals surface area contributed by atoms with E-state index in [-0.39, 0.29) is 12.3 Å². The summed E-state index contributed by atoms with van der Waals surface area (Å²) in [5.74, 6) is -1.24. The van der Waals surface area contributed by atoms with Crippen LogP contribution in [0.3, 0.4) is 0 Å². The van der Waals surface area contributed by atoms with Crippen LogP contribution in [0, 0.1) is 11.8 Å². The monoisotopic (exact) mass is 268 g/mol. The third-order valence-corrected chi connectivity index (χ3v) is 3.98. The van der Waals surface area contributed by atoms with Gasteiger partial charge in [0.25, 0.3) is 0 Å². The van der Waals surface area contributed by atoms with E-state index in [9.17, 15) is 13.2 Å². The highest BCUT2D eigenvalue weighted by atomic mass is 19.4. The molecule has 0 amide bonds. The van der Waals surface area contributed by atoms with Crippen LogP contribution in [0.15, 0.2) is 29.8 Å². The Hall–Kier alpha value is -1.25. The van der Waals surface area contributed by atoms with Crippen LogP contribution in [0.25, 0.3) is 6.08 Å². The van der Waals surface area contributed by atoms with Gasteiger partial charge in [-0.2, -0.15) is 13.2 Å². The van der Waals surface area contributed by atoms with E-state index in [0.29, 0.717) is 0 Å². The molecule has 2 rings (SSSR count). The molecule has 2 unspecified atom stereocenters. The molecule has 104 valence electrons. The number of alkyl halides is 3. The van der Waals surface area contributed by atoms with Crippen LogP contribution >= 0.6 is 0 Å². The Balaban J connectivity index is 2.09. The molecule has 1 aromatic rings. The standard InChI is InChI=1S/C16H19F3/c1-11(9-12(2)16(17,18)19)14-8-7-13-5-3-4-6-15(13)10-14/h3-6,10-12H,7-9H2,1-2H3. The maximum atomic E-state index is 12.6. The first-order chi connectivity index (χ1) is 8.88. The lowest BCUT2D eigenvalue weighted by Crippen LogP contribution is -2.22. The summed E-state index contributed by atoms with van der Waals surface area (Å²) in [6.07, 6.45) is -0.0129. The van der Waals surface area contributed by atoms with Crippen molar-refractivity contribution in [3.63, 3.8) is 0 Å². The van der Waals surface area contributed by atoms with E-state index in [1.165, 1.54) is 12.5 Å². The number of halogens is 3. The molecule has 0 spiro atoms. The van der Waals surface area contributed by atoms with Crippen molar-refractivity contribution in [1.29, 1.82) is 0 Å². The zero-order valence-corrected chi connectivity index (χ0v) is 11.3. The van der Waals surface area contributed by atoms with Gasteiger partial charge in [-0.15, -0.1) is 0 Å². The Morgan fingerprint density at radius 2 is 1.79 bits per heavy atom. The lowest BCUT2D eigenvalue weighted by atomic mass is 9.82. The van der Waals surface area contributed by atoms with Gasteiger partial charge in [-0.3, -0.25) is 0 Å². The van der Waals surface area contributed by atoms with Gasteiger partial charge in [-0.25, -0.2) is 0 Å². The summed E-state index contributed by atoms with van der Waals surface area (Å²) in [6.45, 7) is 3.18. The van der Waals surface area contributed by atoms with Crippen LogP contribution in [0.5, 0.6) is 0 Å². The van der Waals surface area contributed by atoms with E-state index < -0.39 is 12.1 Å². The van der Waals surface area contributed by atoms with Gasteiger partial charge in [0.2, 0.25) is 0 Å². The van der Waals surface area contributed by atoms with Gasteiger partial charge in [0.05, 0.1) is 5.92 Å². The van der Waals surface area contributed by atoms with Crippen molar-refractivity contribution in [2.24, 2.45) is 11.8 Å². The maximum Gasteiger partial charge on any atom is 0.391 e. The van der Waals surface area contributed by atoms with Crippen molar-refractivity contribution in [2.75, 3.05) is 0 Å². The molecule has 0 aliphatic heterocycles. The minimum Gasteiger partial charge on any atom is -0.171 e. The fraction of sp³-hybridized carbons (Fsp3) is 0.500. The predicted octanol–water partition coefficient (Wildman–Crippen LogP) is 5.24. The van der Waals surface area contributed by atoms with Crippen molar-refractivity contribution in [3.8, 4) is 0 Å². The van der Waals surface area contributed by atoms with Crippen LogP contribution in [-0.4, -0.2) is 6.18 Å². The summed E-state index contributed by atoms with van der Waals surface area (Å²) in [5.41, 5.74) is 3.60. The first-order valence-electron chi connectivity index (χ1n) is 6.73. The van der Waals surface area contributed by atoms with Gasteiger partial charge in [0.15, 0.2) is 0 Å². The van der Waals surface area contributed by atoms with Crippen molar-refractivity contribution >= 4 is 6.08 Å². The Kier molecular flexibility index (Phi) is 4.02. The molecule has 0 heterocycles. The predicted molar refractivity (Wildman–Crippen MR) is 71.7 cm³/mol. The van der Waals surface area contributed by atoms with Crippen molar-refractivity contribution in [3.05, 3.63) is 41.0 Å². The number of hydrogen-bond donors (Lipinski definition) is 0. The third kappa shape index (κ3) is 3.40. The molecule has 1 aliphatic rings. The number of aryl methyl sites for hydroxylation is 1. The summed E-state index contributed by atoms with van der Waals surface area (Å²) >= 11 is 0. The molecule has 0 nitrogen and oxygen atoms in total. The average Bonchev–Trinajstić information content (AvgIpc) is 2.37. The second-order valence-corrected chi connectivity index (χ2v) is 5.50. The maximum absolute atomic E-state index is 12.6. The lowest BCUT2D eigenvalue weighted by molar-refractivity contribution is -0.172. The molecule has 19 heavy (non-hydrogen) atoms. The molecule has 0 fully saturated rings. The van der Waals surface area contributed by atoms with Gasteiger partial charge >= 0.3 is 6.18 Å². The van der Waals surface area contributed by atoms with Crippen molar-refractivity contribution < 1.29 is 13.2 Å². The molecular weight excluding hydrogens is 249 g/mol. The molecule has 2 atom stereocenters. The van der Waals surface area contributed by atoms with E-state index >= 15 is 0 Å². The van der Waals surface area contributed by atoms with E-state index in [0.717, 1.165) is 24.0 Å². The SMILES string of the molecule is CC(CC(C)C(F)(F)F)C1=Cc2ccccc2CC1. The molecule has 3 heteroatoms. The molecule has 0 bridgehead atoms. The number of hydrogen-bond acceptors (Lipinski definition) is 0. The molecule has 0 saturated heterocycles. The molecule has 0 radical (unpaired) electrons. The molecule has 1 aliphatic carbocycles. The van der Waals surface area contributed by atoms with Crippen LogP contribution in [0.1, 0.15) is 37.8 Å². The summed E-state index contributed by atoms with van der Waals surface area (Å²) < 4.78 is 37.8. The van der Waals surface area contributed by atoms with Crippen LogP contribution in [0.4, 0.5) is 13.2 Å². The zero-order chi connectivity index (χ0) is 14.0. The largest absolute Gasteiger partial charge is 0.391 e. The second-order valence-electron chi connectivity index (χ2n) is 5.50. The second kappa shape index (κ2) is 5.40. The summed E-state index contributed by atoms with van der Waals surface area (Å²) in [5, 5.41) is 0. The van der Waals surface area contributed by atoms with E-state index in [1.54, 1.807) is 0 Å². The summed E-state index contributed by atoms with van der Waals surface area (Å²) in [7, 11) is 0. The van der Waals surface area contributed by atoms with Gasteiger partial charge in [0, 0.05) is 0 Å². The Labute approximate surface area is 112 Å². The first-order valence-corrected chi connectivity index (χ1v) is 6.73. The van der Waals surface area contributed by atoms with Crippen LogP contribution in [0.2, 0.25) is 0 Å². The minimum absolute atomic E-state index is 0.00928. The third-order valence-electron chi connectivity index (χ3n) is 3.98. The van der Waals surface area contributed by atoms with E-state index in [4.69, 9.17) is 0 Å². The number of fused-ring (bicyclic) bond motifs is 1. The number of rotatable bonds is 3. The lowest BCUT2D eigenvalue weighted by Gasteiger charge is -2.25. The smallest absolute Gasteiger partial charge is 0.171 e. The highest BCUT2D eigenvalue weighted by molar-refractivity contribution is 5.59. The van der Waals surface area contributed by atoms with Gasteiger partial charge in [0.1, 0.15) is 0 Å². The quantitative estimate of drug-likeness (QED) is 0.703. The van der Waals surface area contributed by atoms with E-state index in [2.05, 4.69) is 12.1 Å². The molecule has 1 aromatic carbocycles.